The molecule has 0 unspecified atom stereocenters. The van der Waals surface area contributed by atoms with Crippen LogP contribution in [0.5, 0.6) is 0 Å². The summed E-state index contributed by atoms with van der Waals surface area (Å²) in [6.07, 6.45) is 7.09. The van der Waals surface area contributed by atoms with Gasteiger partial charge in [-0.05, 0) is 18.3 Å². The number of nitrogens with two attached hydrogens (primary N) is 1. The van der Waals surface area contributed by atoms with Gasteiger partial charge in [0.05, 0.1) is 12.4 Å². The molecule has 0 aliphatic carbocycles. The molecule has 0 radical (unpaired) electrons. The lowest BCUT2D eigenvalue weighted by Crippen LogP contribution is -2.38. The van der Waals surface area contributed by atoms with Crippen LogP contribution >= 0.6 is 12.2 Å². The van der Waals surface area contributed by atoms with Crippen molar-refractivity contribution >= 4 is 23.0 Å². The fourth-order valence-corrected chi connectivity index (χ4v) is 2.35. The van der Waals surface area contributed by atoms with Crippen LogP contribution in [-0.2, 0) is 0 Å². The number of hydrogen-bond donors (Lipinski definition) is 1. The van der Waals surface area contributed by atoms with Crippen LogP contribution in [0.2, 0.25) is 0 Å². The molecule has 0 bridgehead atoms. The smallest absolute Gasteiger partial charge is 0.147 e. The first-order chi connectivity index (χ1) is 8.54. The standard InChI is InChI=1S/C13H20N4S/c1-3-13(2)4-6-17(7-5-13)11-9-15-10(8-16-11)12(14)18/h8-9H,3-7H2,1-2H3,(H2,14,18). The molecule has 0 saturated carbocycles. The largest absolute Gasteiger partial charge is 0.388 e. The van der Waals surface area contributed by atoms with E-state index in [0.29, 0.717) is 16.1 Å². The fourth-order valence-electron chi connectivity index (χ4n) is 2.24. The summed E-state index contributed by atoms with van der Waals surface area (Å²) in [4.78, 5) is 11.2. The van der Waals surface area contributed by atoms with Crippen molar-refractivity contribution in [2.75, 3.05) is 18.0 Å². The number of rotatable bonds is 3. The molecule has 0 aromatic carbocycles. The van der Waals surface area contributed by atoms with Crippen LogP contribution in [0.25, 0.3) is 0 Å². The molecule has 1 fully saturated rings. The van der Waals surface area contributed by atoms with Crippen molar-refractivity contribution in [1.82, 2.24) is 9.97 Å². The Balaban J connectivity index is 2.03. The van der Waals surface area contributed by atoms with Gasteiger partial charge in [-0.25, -0.2) is 9.97 Å². The van der Waals surface area contributed by atoms with Gasteiger partial charge in [-0.15, -0.1) is 0 Å². The normalized spacial score (nSPS) is 18.7. The highest BCUT2D eigenvalue weighted by Crippen LogP contribution is 2.34. The van der Waals surface area contributed by atoms with Gasteiger partial charge in [-0.3, -0.25) is 0 Å². The summed E-state index contributed by atoms with van der Waals surface area (Å²) in [7, 11) is 0. The fraction of sp³-hybridized carbons (Fsp3) is 0.615. The zero-order valence-electron chi connectivity index (χ0n) is 11.0. The van der Waals surface area contributed by atoms with Crippen LogP contribution in [-0.4, -0.2) is 28.0 Å². The van der Waals surface area contributed by atoms with E-state index in [9.17, 15) is 0 Å². The van der Waals surface area contributed by atoms with E-state index in [1.54, 1.807) is 12.4 Å². The summed E-state index contributed by atoms with van der Waals surface area (Å²) in [5, 5.41) is 0. The lowest BCUT2D eigenvalue weighted by atomic mass is 9.78. The van der Waals surface area contributed by atoms with Crippen molar-refractivity contribution in [3.8, 4) is 0 Å². The lowest BCUT2D eigenvalue weighted by molar-refractivity contribution is 0.237. The molecule has 4 nitrogen and oxygen atoms in total. The Bertz CT molecular complexity index is 421. The average Bonchev–Trinajstić information content (AvgIpc) is 2.40. The molecular formula is C13H20N4S. The number of thiocarbonyl (C=S) groups is 1. The van der Waals surface area contributed by atoms with Crippen molar-refractivity contribution in [1.29, 1.82) is 0 Å². The Morgan fingerprint density at radius 3 is 2.50 bits per heavy atom. The lowest BCUT2D eigenvalue weighted by Gasteiger charge is -2.39. The van der Waals surface area contributed by atoms with E-state index >= 15 is 0 Å². The van der Waals surface area contributed by atoms with E-state index in [0.717, 1.165) is 18.9 Å². The van der Waals surface area contributed by atoms with Crippen molar-refractivity contribution in [2.45, 2.75) is 33.1 Å². The van der Waals surface area contributed by atoms with E-state index in [2.05, 4.69) is 28.7 Å². The third kappa shape index (κ3) is 2.77. The Morgan fingerprint density at radius 2 is 2.06 bits per heavy atom. The van der Waals surface area contributed by atoms with Crippen molar-refractivity contribution in [2.24, 2.45) is 11.1 Å². The summed E-state index contributed by atoms with van der Waals surface area (Å²) in [5.74, 6) is 0.924. The molecule has 2 N–H and O–H groups in total. The van der Waals surface area contributed by atoms with E-state index in [4.69, 9.17) is 18.0 Å². The molecule has 0 amide bonds. The van der Waals surface area contributed by atoms with Gasteiger partial charge in [-0.2, -0.15) is 0 Å². The molecule has 0 atom stereocenters. The van der Waals surface area contributed by atoms with Gasteiger partial charge < -0.3 is 10.6 Å². The minimum Gasteiger partial charge on any atom is -0.388 e. The van der Waals surface area contributed by atoms with Gasteiger partial charge in [0, 0.05) is 13.1 Å². The molecule has 98 valence electrons. The Labute approximate surface area is 114 Å². The zero-order valence-corrected chi connectivity index (χ0v) is 11.8. The minimum atomic E-state index is 0.297. The zero-order chi connectivity index (χ0) is 13.2. The molecule has 0 spiro atoms. The predicted octanol–water partition coefficient (Wildman–Crippen LogP) is 2.13. The molecule has 1 aromatic heterocycles. The highest BCUT2D eigenvalue weighted by Gasteiger charge is 2.28. The predicted molar refractivity (Wildman–Crippen MR) is 77.8 cm³/mol. The summed E-state index contributed by atoms with van der Waals surface area (Å²) >= 11 is 4.87. The van der Waals surface area contributed by atoms with Crippen LogP contribution < -0.4 is 10.6 Å². The van der Waals surface area contributed by atoms with Gasteiger partial charge >= 0.3 is 0 Å². The monoisotopic (exact) mass is 264 g/mol. The second-order valence-electron chi connectivity index (χ2n) is 5.28. The molecule has 1 aromatic rings. The maximum atomic E-state index is 5.51. The summed E-state index contributed by atoms with van der Waals surface area (Å²) < 4.78 is 0. The van der Waals surface area contributed by atoms with Gasteiger partial charge in [0.2, 0.25) is 0 Å². The first-order valence-electron chi connectivity index (χ1n) is 6.41. The number of piperidine rings is 1. The first kappa shape index (κ1) is 13.2. The number of anilines is 1. The average molecular weight is 264 g/mol. The maximum Gasteiger partial charge on any atom is 0.147 e. The Kier molecular flexibility index (Phi) is 3.80. The number of nitrogens with zero attached hydrogens (tertiary/aromatic N) is 3. The highest BCUT2D eigenvalue weighted by atomic mass is 32.1. The molecule has 1 aliphatic heterocycles. The summed E-state index contributed by atoms with van der Waals surface area (Å²) in [6.45, 7) is 6.73. The van der Waals surface area contributed by atoms with Crippen LogP contribution in [0.4, 0.5) is 5.82 Å². The third-order valence-electron chi connectivity index (χ3n) is 4.04. The molecule has 18 heavy (non-hydrogen) atoms. The minimum absolute atomic E-state index is 0.297. The Morgan fingerprint density at radius 1 is 1.39 bits per heavy atom. The van der Waals surface area contributed by atoms with Gasteiger partial charge in [0.1, 0.15) is 16.5 Å². The van der Waals surface area contributed by atoms with Gasteiger partial charge in [0.15, 0.2) is 0 Å². The maximum absolute atomic E-state index is 5.51. The first-order valence-corrected chi connectivity index (χ1v) is 6.82. The molecule has 2 rings (SSSR count). The van der Waals surface area contributed by atoms with Crippen LogP contribution in [0.3, 0.4) is 0 Å². The number of hydrogen-bond acceptors (Lipinski definition) is 4. The van der Waals surface area contributed by atoms with Crippen molar-refractivity contribution in [3.05, 3.63) is 18.1 Å². The van der Waals surface area contributed by atoms with Crippen LogP contribution in [0, 0.1) is 5.41 Å². The second kappa shape index (κ2) is 5.18. The highest BCUT2D eigenvalue weighted by molar-refractivity contribution is 7.80. The van der Waals surface area contributed by atoms with Crippen LogP contribution in [0.15, 0.2) is 12.4 Å². The SMILES string of the molecule is CCC1(C)CCN(c2cnc(C(N)=S)cn2)CC1. The molecule has 2 heterocycles. The Hall–Kier alpha value is -1.23. The topological polar surface area (TPSA) is 55.0 Å². The third-order valence-corrected chi connectivity index (χ3v) is 4.25. The van der Waals surface area contributed by atoms with E-state index in [1.807, 2.05) is 0 Å². The molecule has 5 heteroatoms. The van der Waals surface area contributed by atoms with Gasteiger partial charge in [0.25, 0.3) is 0 Å². The van der Waals surface area contributed by atoms with Gasteiger partial charge in [-0.1, -0.05) is 32.5 Å². The van der Waals surface area contributed by atoms with E-state index in [-0.39, 0.29) is 0 Å². The van der Waals surface area contributed by atoms with Crippen molar-refractivity contribution < 1.29 is 0 Å². The quantitative estimate of drug-likeness (QED) is 0.848. The molecule has 1 saturated heterocycles. The summed E-state index contributed by atoms with van der Waals surface area (Å²) in [5.41, 5.74) is 6.59. The number of aromatic nitrogens is 2. The van der Waals surface area contributed by atoms with E-state index < -0.39 is 0 Å². The molecular weight excluding hydrogens is 244 g/mol. The van der Waals surface area contributed by atoms with E-state index in [1.165, 1.54) is 19.3 Å². The van der Waals surface area contributed by atoms with Crippen molar-refractivity contribution in [3.63, 3.8) is 0 Å². The second-order valence-corrected chi connectivity index (χ2v) is 5.72. The molecule has 1 aliphatic rings. The summed E-state index contributed by atoms with van der Waals surface area (Å²) in [6, 6.07) is 0. The van der Waals surface area contributed by atoms with Crippen LogP contribution in [0.1, 0.15) is 38.8 Å².